The van der Waals surface area contributed by atoms with Crippen LogP contribution in [0.1, 0.15) is 27.6 Å². The van der Waals surface area contributed by atoms with E-state index >= 15 is 0 Å². The van der Waals surface area contributed by atoms with Crippen molar-refractivity contribution in [2.45, 2.75) is 6.92 Å². The minimum atomic E-state index is -0.748. The lowest BCUT2D eigenvalue weighted by atomic mass is 10.1. The first kappa shape index (κ1) is 25.5. The third kappa shape index (κ3) is 5.46. The second-order valence-corrected chi connectivity index (χ2v) is 8.18. The third-order valence-electron chi connectivity index (χ3n) is 5.36. The second kappa shape index (κ2) is 11.0. The molecule has 1 heterocycles. The van der Waals surface area contributed by atoms with Gasteiger partial charge in [-0.15, -0.1) is 0 Å². The smallest absolute Gasteiger partial charge is 0.338 e. The van der Waals surface area contributed by atoms with Crippen LogP contribution in [0.2, 0.25) is 0 Å². The lowest BCUT2D eigenvalue weighted by Crippen LogP contribution is -2.32. The van der Waals surface area contributed by atoms with Gasteiger partial charge in [-0.3, -0.25) is 14.4 Å². The summed E-state index contributed by atoms with van der Waals surface area (Å²) in [4.78, 5) is 51.7. The van der Waals surface area contributed by atoms with Crippen molar-refractivity contribution >= 4 is 52.4 Å². The molecule has 1 aliphatic heterocycles. The molecule has 0 spiro atoms. The fourth-order valence-electron chi connectivity index (χ4n) is 3.62. The van der Waals surface area contributed by atoms with Gasteiger partial charge in [0.2, 0.25) is 0 Å². The van der Waals surface area contributed by atoms with Crippen LogP contribution in [0.15, 0.2) is 83.5 Å². The Balaban J connectivity index is 1.53. The molecular weight excluding hydrogens is 498 g/mol. The van der Waals surface area contributed by atoms with Gasteiger partial charge in [0.1, 0.15) is 16.5 Å². The zero-order valence-electron chi connectivity index (χ0n) is 19.9. The molecule has 0 saturated heterocycles. The average Bonchev–Trinajstić information content (AvgIpc) is 3.12. The highest BCUT2D eigenvalue weighted by Crippen LogP contribution is 2.31. The predicted octanol–water partition coefficient (Wildman–Crippen LogP) is 4.56. The number of imide groups is 1. The maximum Gasteiger partial charge on any atom is 0.338 e. The van der Waals surface area contributed by atoms with Gasteiger partial charge in [-0.05, 0) is 55.5 Å². The van der Waals surface area contributed by atoms with E-state index in [2.05, 4.69) is 10.6 Å². The van der Waals surface area contributed by atoms with Crippen molar-refractivity contribution in [2.75, 3.05) is 29.3 Å². The molecule has 4 rings (SSSR count). The summed E-state index contributed by atoms with van der Waals surface area (Å²) in [5.74, 6) is -1.83. The van der Waals surface area contributed by atoms with Crippen LogP contribution in [0, 0.1) is 0 Å². The Morgan fingerprint density at radius 1 is 0.892 bits per heavy atom. The van der Waals surface area contributed by atoms with Crippen LogP contribution in [0.4, 0.5) is 17.1 Å². The number of ether oxygens (including phenoxy) is 2. The third-order valence-corrected chi connectivity index (χ3v) is 5.72. The van der Waals surface area contributed by atoms with E-state index in [1.807, 2.05) is 0 Å². The van der Waals surface area contributed by atoms with E-state index in [9.17, 15) is 19.2 Å². The first-order valence-electron chi connectivity index (χ1n) is 11.2. The van der Waals surface area contributed by atoms with Gasteiger partial charge in [0.25, 0.3) is 17.7 Å². The Labute approximate surface area is 217 Å². The van der Waals surface area contributed by atoms with Crippen LogP contribution < -0.4 is 20.3 Å². The zero-order chi connectivity index (χ0) is 26.5. The number of nitrogens with one attached hydrogen (secondary N) is 2. The molecule has 37 heavy (non-hydrogen) atoms. The summed E-state index contributed by atoms with van der Waals surface area (Å²) in [5.41, 5.74) is 1.42. The molecule has 0 saturated carbocycles. The molecule has 0 radical (unpaired) electrons. The van der Waals surface area contributed by atoms with Gasteiger partial charge < -0.3 is 20.1 Å². The van der Waals surface area contributed by atoms with Gasteiger partial charge in [-0.25, -0.2) is 9.69 Å². The Morgan fingerprint density at radius 2 is 1.59 bits per heavy atom. The quantitative estimate of drug-likeness (QED) is 0.331. The van der Waals surface area contributed by atoms with Crippen molar-refractivity contribution < 1.29 is 28.7 Å². The van der Waals surface area contributed by atoms with E-state index in [1.54, 1.807) is 49.4 Å². The number of rotatable bonds is 8. The number of hydrogen-bond donors (Lipinski definition) is 2. The minimum absolute atomic E-state index is 0.154. The number of hydrogen-bond acceptors (Lipinski definition) is 7. The maximum absolute atomic E-state index is 13.2. The lowest BCUT2D eigenvalue weighted by Gasteiger charge is -2.16. The van der Waals surface area contributed by atoms with E-state index in [0.29, 0.717) is 22.7 Å². The molecule has 0 unspecified atom stereocenters. The Kier molecular flexibility index (Phi) is 7.55. The molecule has 0 atom stereocenters. The Bertz CT molecular complexity index is 1430. The molecule has 3 aromatic rings. The predicted molar refractivity (Wildman–Crippen MR) is 139 cm³/mol. The number of nitrogens with zero attached hydrogens (tertiary/aromatic N) is 1. The number of esters is 1. The highest BCUT2D eigenvalue weighted by atomic mass is 35.5. The first-order chi connectivity index (χ1) is 17.8. The normalized spacial score (nSPS) is 13.0. The average molecular weight is 520 g/mol. The highest BCUT2D eigenvalue weighted by Gasteiger charge is 2.39. The fourth-order valence-corrected chi connectivity index (χ4v) is 3.83. The number of halogens is 1. The van der Waals surface area contributed by atoms with Crippen molar-refractivity contribution in [3.63, 3.8) is 0 Å². The highest BCUT2D eigenvalue weighted by molar-refractivity contribution is 6.53. The number of carbonyl (C=O) groups is 4. The van der Waals surface area contributed by atoms with Gasteiger partial charge in [-0.2, -0.15) is 0 Å². The summed E-state index contributed by atoms with van der Waals surface area (Å²) in [6, 6.07) is 19.2. The molecule has 3 aromatic carbocycles. The van der Waals surface area contributed by atoms with Gasteiger partial charge in [0.05, 0.1) is 25.0 Å². The number of benzene rings is 3. The number of carbonyl (C=O) groups excluding carboxylic acids is 4. The summed E-state index contributed by atoms with van der Waals surface area (Å²) in [5, 5.41) is 5.31. The maximum atomic E-state index is 13.2. The van der Waals surface area contributed by atoms with E-state index < -0.39 is 17.8 Å². The zero-order valence-corrected chi connectivity index (χ0v) is 20.7. The molecule has 2 N–H and O–H groups in total. The molecular formula is C27H22ClN3O6. The molecule has 10 heteroatoms. The van der Waals surface area contributed by atoms with E-state index in [1.165, 1.54) is 37.4 Å². The van der Waals surface area contributed by atoms with E-state index in [-0.39, 0.29) is 34.5 Å². The van der Waals surface area contributed by atoms with Gasteiger partial charge in [-0.1, -0.05) is 29.8 Å². The van der Waals surface area contributed by atoms with Crippen molar-refractivity contribution in [2.24, 2.45) is 0 Å². The van der Waals surface area contributed by atoms with Crippen molar-refractivity contribution in [3.05, 3.63) is 94.7 Å². The second-order valence-electron chi connectivity index (χ2n) is 7.80. The minimum Gasteiger partial charge on any atom is -0.497 e. The van der Waals surface area contributed by atoms with Crippen molar-refractivity contribution in [1.82, 2.24) is 0 Å². The Hall–Kier alpha value is -4.63. The molecule has 0 aliphatic carbocycles. The van der Waals surface area contributed by atoms with Crippen LogP contribution in [-0.2, 0) is 14.3 Å². The van der Waals surface area contributed by atoms with Crippen molar-refractivity contribution in [3.8, 4) is 5.75 Å². The molecule has 0 bridgehead atoms. The van der Waals surface area contributed by atoms with Crippen LogP contribution in [0.5, 0.6) is 5.75 Å². The number of methoxy groups -OCH3 is 1. The molecule has 0 aromatic heterocycles. The number of anilines is 3. The van der Waals surface area contributed by atoms with E-state index in [0.717, 1.165) is 4.90 Å². The molecule has 188 valence electrons. The fraction of sp³-hybridized carbons (Fsp3) is 0.111. The summed E-state index contributed by atoms with van der Waals surface area (Å²) in [7, 11) is 1.53. The summed E-state index contributed by atoms with van der Waals surface area (Å²) in [6.45, 7) is 1.86. The number of amides is 3. The SMILES string of the molecule is CCOC(=O)c1cccc(N2C(=O)C(Cl)=C(Nc3cccc(C(=O)Nc4cccc(OC)c4)c3)C2=O)c1. The lowest BCUT2D eigenvalue weighted by molar-refractivity contribution is -0.120. The van der Waals surface area contributed by atoms with Crippen molar-refractivity contribution in [1.29, 1.82) is 0 Å². The first-order valence-corrected chi connectivity index (χ1v) is 11.6. The Morgan fingerprint density at radius 3 is 2.35 bits per heavy atom. The van der Waals surface area contributed by atoms with Gasteiger partial charge in [0, 0.05) is 23.0 Å². The van der Waals surface area contributed by atoms with E-state index in [4.69, 9.17) is 21.1 Å². The molecule has 9 nitrogen and oxygen atoms in total. The van der Waals surface area contributed by atoms with Gasteiger partial charge in [0.15, 0.2) is 0 Å². The summed E-state index contributed by atoms with van der Waals surface area (Å²) in [6.07, 6.45) is 0. The molecule has 0 fully saturated rings. The van der Waals surface area contributed by atoms with Crippen LogP contribution in [0.25, 0.3) is 0 Å². The molecule has 1 aliphatic rings. The van der Waals surface area contributed by atoms with Gasteiger partial charge >= 0.3 is 5.97 Å². The van der Waals surface area contributed by atoms with Crippen LogP contribution in [-0.4, -0.2) is 37.4 Å². The van der Waals surface area contributed by atoms with Crippen LogP contribution >= 0.6 is 11.6 Å². The largest absolute Gasteiger partial charge is 0.497 e. The standard InChI is InChI=1S/C27H22ClN3O6/c1-3-37-27(35)17-8-5-11-20(14-17)31-25(33)22(28)23(26(31)34)29-18-9-4-7-16(13-18)24(32)30-19-10-6-12-21(15-19)36-2/h4-15,29H,3H2,1-2H3,(H,30,32). The summed E-state index contributed by atoms with van der Waals surface area (Å²) >= 11 is 6.23. The van der Waals surface area contributed by atoms with Crippen LogP contribution in [0.3, 0.4) is 0 Å². The monoisotopic (exact) mass is 519 g/mol. The summed E-state index contributed by atoms with van der Waals surface area (Å²) < 4.78 is 10.2. The topological polar surface area (TPSA) is 114 Å². The molecule has 3 amide bonds.